The first kappa shape index (κ1) is 17.4. The van der Waals surface area contributed by atoms with Gasteiger partial charge in [0.05, 0.1) is 11.0 Å². The summed E-state index contributed by atoms with van der Waals surface area (Å²) in [6, 6.07) is 14.4. The van der Waals surface area contributed by atoms with Crippen molar-refractivity contribution >= 4 is 17.4 Å². The number of non-ortho nitro benzene ring substituents is 1. The zero-order chi connectivity index (χ0) is 17.5. The molecule has 0 aliphatic heterocycles. The standard InChI is InChI=1S/C17H19N3O4/c1-19(16(10-11-21)13-6-3-2-4-7-13)17(22)18-14-8-5-9-15(12-14)20(23)24/h2-9,12,16,21H,10-11H2,1H3,(H,18,22). The summed E-state index contributed by atoms with van der Waals surface area (Å²) in [5.41, 5.74) is 1.16. The molecule has 7 nitrogen and oxygen atoms in total. The van der Waals surface area contributed by atoms with Crippen molar-refractivity contribution in [1.29, 1.82) is 0 Å². The zero-order valence-electron chi connectivity index (χ0n) is 13.3. The number of nitro groups is 1. The third-order valence-corrected chi connectivity index (χ3v) is 3.68. The molecular weight excluding hydrogens is 310 g/mol. The predicted octanol–water partition coefficient (Wildman–Crippen LogP) is 3.18. The van der Waals surface area contributed by atoms with E-state index in [1.54, 1.807) is 13.1 Å². The largest absolute Gasteiger partial charge is 0.396 e. The third-order valence-electron chi connectivity index (χ3n) is 3.68. The van der Waals surface area contributed by atoms with E-state index in [-0.39, 0.29) is 18.3 Å². The first-order valence-corrected chi connectivity index (χ1v) is 7.47. The summed E-state index contributed by atoms with van der Waals surface area (Å²) in [5.74, 6) is 0. The topological polar surface area (TPSA) is 95.7 Å². The van der Waals surface area contributed by atoms with Gasteiger partial charge in [0, 0.05) is 31.5 Å². The van der Waals surface area contributed by atoms with E-state index in [0.29, 0.717) is 12.1 Å². The fourth-order valence-corrected chi connectivity index (χ4v) is 2.43. The summed E-state index contributed by atoms with van der Waals surface area (Å²) in [5, 5.41) is 22.7. The number of aliphatic hydroxyl groups excluding tert-OH is 1. The molecule has 1 atom stereocenters. The molecule has 0 heterocycles. The second kappa shape index (κ2) is 8.07. The van der Waals surface area contributed by atoms with Crippen molar-refractivity contribution in [2.45, 2.75) is 12.5 Å². The highest BCUT2D eigenvalue weighted by atomic mass is 16.6. The number of urea groups is 1. The van der Waals surface area contributed by atoms with Gasteiger partial charge in [0.1, 0.15) is 0 Å². The Bertz CT molecular complexity index is 706. The van der Waals surface area contributed by atoms with E-state index in [0.717, 1.165) is 5.56 Å². The summed E-state index contributed by atoms with van der Waals surface area (Å²) in [6.45, 7) is -0.0615. The molecule has 0 aromatic heterocycles. The quantitative estimate of drug-likeness (QED) is 0.628. The minimum Gasteiger partial charge on any atom is -0.396 e. The number of carbonyl (C=O) groups is 1. The Morgan fingerprint density at radius 2 is 1.96 bits per heavy atom. The van der Waals surface area contributed by atoms with Gasteiger partial charge in [0.15, 0.2) is 0 Å². The molecule has 0 saturated heterocycles. The Morgan fingerprint density at radius 1 is 1.25 bits per heavy atom. The average molecular weight is 329 g/mol. The van der Waals surface area contributed by atoms with Crippen LogP contribution >= 0.6 is 0 Å². The number of nitrogens with zero attached hydrogens (tertiary/aromatic N) is 2. The number of carbonyl (C=O) groups excluding carboxylic acids is 1. The van der Waals surface area contributed by atoms with E-state index in [2.05, 4.69) is 5.32 Å². The van der Waals surface area contributed by atoms with Crippen molar-refractivity contribution in [2.24, 2.45) is 0 Å². The van der Waals surface area contributed by atoms with Gasteiger partial charge in [0.25, 0.3) is 5.69 Å². The molecule has 0 radical (unpaired) electrons. The number of benzene rings is 2. The highest BCUT2D eigenvalue weighted by molar-refractivity contribution is 5.89. The Balaban J connectivity index is 2.15. The lowest BCUT2D eigenvalue weighted by atomic mass is 10.0. The Labute approximate surface area is 139 Å². The average Bonchev–Trinajstić information content (AvgIpc) is 2.60. The molecule has 0 bridgehead atoms. The summed E-state index contributed by atoms with van der Waals surface area (Å²) in [6.07, 6.45) is 0.392. The zero-order valence-corrected chi connectivity index (χ0v) is 13.3. The molecule has 2 aromatic rings. The van der Waals surface area contributed by atoms with Crippen LogP contribution in [0.15, 0.2) is 54.6 Å². The summed E-state index contributed by atoms with van der Waals surface area (Å²) < 4.78 is 0. The lowest BCUT2D eigenvalue weighted by Gasteiger charge is -2.28. The van der Waals surface area contributed by atoms with Gasteiger partial charge in [-0.2, -0.15) is 0 Å². The molecule has 2 amide bonds. The number of amides is 2. The lowest BCUT2D eigenvalue weighted by Crippen LogP contribution is -2.35. The summed E-state index contributed by atoms with van der Waals surface area (Å²) in [4.78, 5) is 24.2. The van der Waals surface area contributed by atoms with E-state index < -0.39 is 11.0 Å². The van der Waals surface area contributed by atoms with Crippen molar-refractivity contribution in [3.05, 3.63) is 70.3 Å². The molecule has 1 unspecified atom stereocenters. The number of hydrogen-bond donors (Lipinski definition) is 2. The molecule has 7 heteroatoms. The Kier molecular flexibility index (Phi) is 5.86. The van der Waals surface area contributed by atoms with E-state index in [4.69, 9.17) is 0 Å². The molecule has 0 aliphatic rings. The minimum absolute atomic E-state index is 0.0615. The van der Waals surface area contributed by atoms with E-state index >= 15 is 0 Å². The third kappa shape index (κ3) is 4.30. The van der Waals surface area contributed by atoms with E-state index in [9.17, 15) is 20.0 Å². The molecule has 0 fully saturated rings. The van der Waals surface area contributed by atoms with Gasteiger partial charge in [-0.3, -0.25) is 10.1 Å². The minimum atomic E-state index is -0.516. The van der Waals surface area contributed by atoms with Crippen LogP contribution in [0.2, 0.25) is 0 Å². The number of nitro benzene ring substituents is 1. The summed E-state index contributed by atoms with van der Waals surface area (Å²) >= 11 is 0. The van der Waals surface area contributed by atoms with Gasteiger partial charge in [-0.1, -0.05) is 36.4 Å². The number of hydrogen-bond acceptors (Lipinski definition) is 4. The maximum Gasteiger partial charge on any atom is 0.322 e. The van der Waals surface area contributed by atoms with E-state index in [1.807, 2.05) is 30.3 Å². The van der Waals surface area contributed by atoms with Crippen LogP contribution in [-0.2, 0) is 0 Å². The van der Waals surface area contributed by atoms with Crippen molar-refractivity contribution in [3.63, 3.8) is 0 Å². The van der Waals surface area contributed by atoms with Crippen molar-refractivity contribution in [2.75, 3.05) is 19.0 Å². The SMILES string of the molecule is CN(C(=O)Nc1cccc([N+](=O)[O-])c1)C(CCO)c1ccccc1. The van der Waals surface area contributed by atoms with Crippen molar-refractivity contribution < 1.29 is 14.8 Å². The molecule has 0 aliphatic carbocycles. The van der Waals surface area contributed by atoms with Crippen LogP contribution in [0.3, 0.4) is 0 Å². The molecule has 24 heavy (non-hydrogen) atoms. The van der Waals surface area contributed by atoms with Crippen molar-refractivity contribution in [3.8, 4) is 0 Å². The molecule has 2 N–H and O–H groups in total. The van der Waals surface area contributed by atoms with Crippen LogP contribution in [0.5, 0.6) is 0 Å². The fraction of sp³-hybridized carbons (Fsp3) is 0.235. The lowest BCUT2D eigenvalue weighted by molar-refractivity contribution is -0.384. The van der Waals surface area contributed by atoms with Gasteiger partial charge in [-0.15, -0.1) is 0 Å². The normalized spacial score (nSPS) is 11.6. The highest BCUT2D eigenvalue weighted by Crippen LogP contribution is 2.24. The molecule has 126 valence electrons. The van der Waals surface area contributed by atoms with Crippen LogP contribution in [0, 0.1) is 10.1 Å². The number of nitrogens with one attached hydrogen (secondary N) is 1. The molecule has 2 aromatic carbocycles. The van der Waals surface area contributed by atoms with Gasteiger partial charge in [-0.05, 0) is 18.1 Å². The number of rotatable bonds is 6. The second-order valence-corrected chi connectivity index (χ2v) is 5.29. The maximum absolute atomic E-state index is 12.4. The Hall–Kier alpha value is -2.93. The first-order chi connectivity index (χ1) is 11.5. The van der Waals surface area contributed by atoms with Gasteiger partial charge >= 0.3 is 6.03 Å². The molecular formula is C17H19N3O4. The van der Waals surface area contributed by atoms with Crippen molar-refractivity contribution in [1.82, 2.24) is 4.90 Å². The fourth-order valence-electron chi connectivity index (χ4n) is 2.43. The smallest absolute Gasteiger partial charge is 0.322 e. The molecule has 0 spiro atoms. The first-order valence-electron chi connectivity index (χ1n) is 7.47. The summed E-state index contributed by atoms with van der Waals surface area (Å²) in [7, 11) is 1.63. The predicted molar refractivity (Wildman–Crippen MR) is 90.8 cm³/mol. The Morgan fingerprint density at radius 3 is 2.58 bits per heavy atom. The van der Waals surface area contributed by atoms with Crippen LogP contribution in [0.1, 0.15) is 18.0 Å². The molecule has 0 saturated carbocycles. The highest BCUT2D eigenvalue weighted by Gasteiger charge is 2.21. The van der Waals surface area contributed by atoms with Crippen LogP contribution in [0.25, 0.3) is 0 Å². The molecule has 2 rings (SSSR count). The van der Waals surface area contributed by atoms with E-state index in [1.165, 1.54) is 23.1 Å². The van der Waals surface area contributed by atoms with Crippen LogP contribution in [0.4, 0.5) is 16.2 Å². The monoisotopic (exact) mass is 329 g/mol. The van der Waals surface area contributed by atoms with Crippen LogP contribution in [-0.4, -0.2) is 34.6 Å². The van der Waals surface area contributed by atoms with Gasteiger partial charge in [-0.25, -0.2) is 4.79 Å². The number of aliphatic hydroxyl groups is 1. The van der Waals surface area contributed by atoms with Gasteiger partial charge < -0.3 is 15.3 Å². The maximum atomic E-state index is 12.4. The van der Waals surface area contributed by atoms with Gasteiger partial charge in [0.2, 0.25) is 0 Å². The van der Waals surface area contributed by atoms with Crippen LogP contribution < -0.4 is 5.32 Å². The number of anilines is 1. The second-order valence-electron chi connectivity index (χ2n) is 5.29.